The van der Waals surface area contributed by atoms with Crippen molar-refractivity contribution in [2.24, 2.45) is 0 Å². The number of amides is 2. The van der Waals surface area contributed by atoms with Crippen LogP contribution in [0.15, 0.2) is 78.9 Å². The molecule has 3 aromatic rings. The summed E-state index contributed by atoms with van der Waals surface area (Å²) in [7, 11) is 1.61. The standard InChI is InChI=1S/C31H38N2O4/c1-5-18-32-31(35)28(20-24-12-7-6-8-13-24)33(21-25-14-11-15-26(19-25)36-4)30(34)22-37-29-17-10-9-16-27(29)23(2)3/h6-17,19,23,28H,5,18,20-22H2,1-4H3,(H,32,35)/t28-/m0/s1. The van der Waals surface area contributed by atoms with Crippen molar-refractivity contribution in [3.63, 3.8) is 0 Å². The monoisotopic (exact) mass is 502 g/mol. The summed E-state index contributed by atoms with van der Waals surface area (Å²) >= 11 is 0. The highest BCUT2D eigenvalue weighted by atomic mass is 16.5. The molecular weight excluding hydrogens is 464 g/mol. The Hall–Kier alpha value is -3.80. The lowest BCUT2D eigenvalue weighted by atomic mass is 10.0. The van der Waals surface area contributed by atoms with Crippen molar-refractivity contribution < 1.29 is 19.1 Å². The third-order valence-electron chi connectivity index (χ3n) is 6.20. The van der Waals surface area contributed by atoms with E-state index in [9.17, 15) is 9.59 Å². The van der Waals surface area contributed by atoms with Crippen LogP contribution in [-0.2, 0) is 22.6 Å². The van der Waals surface area contributed by atoms with Crippen LogP contribution in [0, 0.1) is 0 Å². The zero-order valence-electron chi connectivity index (χ0n) is 22.3. The summed E-state index contributed by atoms with van der Waals surface area (Å²) in [5, 5.41) is 3.00. The predicted octanol–water partition coefficient (Wildman–Crippen LogP) is 5.36. The normalized spacial score (nSPS) is 11.6. The van der Waals surface area contributed by atoms with Crippen molar-refractivity contribution in [1.82, 2.24) is 10.2 Å². The van der Waals surface area contributed by atoms with Crippen molar-refractivity contribution in [2.75, 3.05) is 20.3 Å². The molecule has 1 atom stereocenters. The molecule has 6 nitrogen and oxygen atoms in total. The van der Waals surface area contributed by atoms with Crippen LogP contribution in [0.2, 0.25) is 0 Å². The molecule has 37 heavy (non-hydrogen) atoms. The highest BCUT2D eigenvalue weighted by Gasteiger charge is 2.30. The number of rotatable bonds is 13. The molecule has 196 valence electrons. The second-order valence-corrected chi connectivity index (χ2v) is 9.35. The Kier molecular flexibility index (Phi) is 10.6. The largest absolute Gasteiger partial charge is 0.497 e. The Morgan fingerprint density at radius 1 is 0.919 bits per heavy atom. The lowest BCUT2D eigenvalue weighted by Crippen LogP contribution is -2.51. The molecule has 2 amide bonds. The highest BCUT2D eigenvalue weighted by molar-refractivity contribution is 5.88. The van der Waals surface area contributed by atoms with Gasteiger partial charge in [0.05, 0.1) is 7.11 Å². The van der Waals surface area contributed by atoms with Crippen molar-refractivity contribution in [3.05, 3.63) is 95.6 Å². The van der Waals surface area contributed by atoms with Gasteiger partial charge in [-0.3, -0.25) is 9.59 Å². The maximum atomic E-state index is 13.8. The second kappa shape index (κ2) is 14.1. The van der Waals surface area contributed by atoms with E-state index in [1.165, 1.54) is 0 Å². The van der Waals surface area contributed by atoms with E-state index in [1.807, 2.05) is 85.8 Å². The van der Waals surface area contributed by atoms with E-state index in [1.54, 1.807) is 12.0 Å². The first-order valence-electron chi connectivity index (χ1n) is 12.9. The van der Waals surface area contributed by atoms with Gasteiger partial charge < -0.3 is 19.7 Å². The Bertz CT molecular complexity index is 1150. The molecule has 0 spiro atoms. The molecule has 0 fully saturated rings. The summed E-state index contributed by atoms with van der Waals surface area (Å²) in [5.74, 6) is 1.20. The van der Waals surface area contributed by atoms with Crippen LogP contribution in [0.5, 0.6) is 11.5 Å². The number of benzene rings is 3. The Balaban J connectivity index is 1.93. The van der Waals surface area contributed by atoms with Crippen molar-refractivity contribution >= 4 is 11.8 Å². The van der Waals surface area contributed by atoms with Gasteiger partial charge in [-0.2, -0.15) is 0 Å². The van der Waals surface area contributed by atoms with Gasteiger partial charge in [0.25, 0.3) is 5.91 Å². The molecule has 3 aromatic carbocycles. The summed E-state index contributed by atoms with van der Waals surface area (Å²) in [4.78, 5) is 28.8. The number of carbonyl (C=O) groups excluding carboxylic acids is 2. The van der Waals surface area contributed by atoms with Gasteiger partial charge in [-0.05, 0) is 47.2 Å². The molecule has 0 aliphatic carbocycles. The molecule has 0 radical (unpaired) electrons. The number of nitrogens with zero attached hydrogens (tertiary/aromatic N) is 1. The molecule has 6 heteroatoms. The van der Waals surface area contributed by atoms with Gasteiger partial charge in [-0.25, -0.2) is 0 Å². The van der Waals surface area contributed by atoms with Crippen LogP contribution in [0.25, 0.3) is 0 Å². The van der Waals surface area contributed by atoms with E-state index in [4.69, 9.17) is 9.47 Å². The smallest absolute Gasteiger partial charge is 0.261 e. The number of carbonyl (C=O) groups is 2. The Labute approximate surface area is 220 Å². The molecule has 0 saturated heterocycles. The summed E-state index contributed by atoms with van der Waals surface area (Å²) < 4.78 is 11.4. The Morgan fingerprint density at radius 2 is 1.62 bits per heavy atom. The quantitative estimate of drug-likeness (QED) is 0.342. The lowest BCUT2D eigenvalue weighted by Gasteiger charge is -2.31. The van der Waals surface area contributed by atoms with Crippen molar-refractivity contribution in [1.29, 1.82) is 0 Å². The number of para-hydroxylation sites is 1. The second-order valence-electron chi connectivity index (χ2n) is 9.35. The fourth-order valence-electron chi connectivity index (χ4n) is 4.20. The molecule has 0 aliphatic rings. The van der Waals surface area contributed by atoms with Gasteiger partial charge in [-0.1, -0.05) is 81.4 Å². The summed E-state index contributed by atoms with van der Waals surface area (Å²) in [6, 6.07) is 24.4. The predicted molar refractivity (Wildman–Crippen MR) is 147 cm³/mol. The third-order valence-corrected chi connectivity index (χ3v) is 6.20. The first-order chi connectivity index (χ1) is 17.9. The number of ether oxygens (including phenoxy) is 2. The molecule has 0 aliphatic heterocycles. The third kappa shape index (κ3) is 8.10. The van der Waals surface area contributed by atoms with E-state index >= 15 is 0 Å². The average molecular weight is 503 g/mol. The van der Waals surface area contributed by atoms with Crippen LogP contribution in [-0.4, -0.2) is 43.0 Å². The average Bonchev–Trinajstić information content (AvgIpc) is 2.93. The molecule has 0 unspecified atom stereocenters. The zero-order valence-corrected chi connectivity index (χ0v) is 22.3. The minimum atomic E-state index is -0.698. The number of hydrogen-bond donors (Lipinski definition) is 1. The van der Waals surface area contributed by atoms with Crippen LogP contribution in [0.1, 0.15) is 49.8 Å². The first-order valence-corrected chi connectivity index (χ1v) is 12.9. The number of methoxy groups -OCH3 is 1. The maximum Gasteiger partial charge on any atom is 0.261 e. The van der Waals surface area contributed by atoms with Gasteiger partial charge >= 0.3 is 0 Å². The van der Waals surface area contributed by atoms with E-state index in [-0.39, 0.29) is 30.9 Å². The topological polar surface area (TPSA) is 67.9 Å². The van der Waals surface area contributed by atoms with Gasteiger partial charge in [0.2, 0.25) is 5.91 Å². The lowest BCUT2D eigenvalue weighted by molar-refractivity contribution is -0.142. The minimum absolute atomic E-state index is 0.167. The van der Waals surface area contributed by atoms with Crippen LogP contribution in [0.3, 0.4) is 0 Å². The van der Waals surface area contributed by atoms with Gasteiger partial charge in [0.1, 0.15) is 17.5 Å². The molecule has 3 rings (SSSR count). The van der Waals surface area contributed by atoms with E-state index in [0.29, 0.717) is 24.5 Å². The molecule has 0 heterocycles. The SMILES string of the molecule is CCCNC(=O)[C@H](Cc1ccccc1)N(Cc1cccc(OC)c1)C(=O)COc1ccccc1C(C)C. The van der Waals surface area contributed by atoms with Crippen LogP contribution < -0.4 is 14.8 Å². The molecule has 0 saturated carbocycles. The minimum Gasteiger partial charge on any atom is -0.497 e. The fraction of sp³-hybridized carbons (Fsp3) is 0.355. The van der Waals surface area contributed by atoms with E-state index in [0.717, 1.165) is 23.1 Å². The summed E-state index contributed by atoms with van der Waals surface area (Å²) in [5.41, 5.74) is 2.89. The molecule has 0 bridgehead atoms. The van der Waals surface area contributed by atoms with E-state index < -0.39 is 6.04 Å². The highest BCUT2D eigenvalue weighted by Crippen LogP contribution is 2.26. The van der Waals surface area contributed by atoms with Gasteiger partial charge in [-0.15, -0.1) is 0 Å². The molecule has 1 N–H and O–H groups in total. The maximum absolute atomic E-state index is 13.8. The van der Waals surface area contributed by atoms with Crippen molar-refractivity contribution in [2.45, 2.75) is 52.1 Å². The number of nitrogens with one attached hydrogen (secondary N) is 1. The summed E-state index contributed by atoms with van der Waals surface area (Å²) in [6.45, 7) is 6.82. The van der Waals surface area contributed by atoms with Gasteiger partial charge in [0.15, 0.2) is 6.61 Å². The van der Waals surface area contributed by atoms with E-state index in [2.05, 4.69) is 19.2 Å². The fourth-order valence-corrected chi connectivity index (χ4v) is 4.20. The Morgan fingerprint density at radius 3 is 2.32 bits per heavy atom. The van der Waals surface area contributed by atoms with Crippen LogP contribution >= 0.6 is 0 Å². The van der Waals surface area contributed by atoms with Gasteiger partial charge in [0, 0.05) is 19.5 Å². The number of hydrogen-bond acceptors (Lipinski definition) is 4. The van der Waals surface area contributed by atoms with Crippen LogP contribution in [0.4, 0.5) is 0 Å². The first kappa shape index (κ1) is 27.8. The summed E-state index contributed by atoms with van der Waals surface area (Å²) in [6.07, 6.45) is 1.21. The zero-order chi connectivity index (χ0) is 26.6. The van der Waals surface area contributed by atoms with Crippen molar-refractivity contribution in [3.8, 4) is 11.5 Å². The molecular formula is C31H38N2O4. The molecule has 0 aromatic heterocycles.